The van der Waals surface area contributed by atoms with Crippen LogP contribution in [0.4, 0.5) is 5.95 Å². The molecule has 10 atom stereocenters. The van der Waals surface area contributed by atoms with Crippen LogP contribution in [0.3, 0.4) is 0 Å². The number of carbonyl (C=O) groups is 1. The molecule has 256 valence electrons. The molecule has 23 nitrogen and oxygen atoms in total. The number of aromatic amines is 1. The zero-order valence-electron chi connectivity index (χ0n) is 23.2. The number of amidine groups is 1. The van der Waals surface area contributed by atoms with Gasteiger partial charge >= 0.3 is 15.6 Å². The van der Waals surface area contributed by atoms with Crippen molar-refractivity contribution in [1.29, 1.82) is 0 Å². The zero-order valence-corrected chi connectivity index (χ0v) is 26.6. The Labute approximate surface area is 272 Å². The van der Waals surface area contributed by atoms with Gasteiger partial charge in [0.25, 0.3) is 11.5 Å². The maximum Gasteiger partial charge on any atom is 0.481 e. The molecule has 2 aromatic heterocycles. The third-order valence-corrected chi connectivity index (χ3v) is 10.8. The van der Waals surface area contributed by atoms with E-state index in [1.807, 2.05) is 0 Å². The van der Waals surface area contributed by atoms with E-state index in [1.54, 1.807) is 0 Å². The van der Waals surface area contributed by atoms with Crippen molar-refractivity contribution in [1.82, 2.24) is 30.2 Å². The number of ether oxygens (including phenoxy) is 2. The highest BCUT2D eigenvalue weighted by Crippen LogP contribution is 2.60. The highest BCUT2D eigenvalue weighted by molar-refractivity contribution is 7.68. The van der Waals surface area contributed by atoms with Crippen LogP contribution in [-0.2, 0) is 62.0 Å². The van der Waals surface area contributed by atoms with Gasteiger partial charge in [-0.05, 0) is 0 Å². The highest BCUT2D eigenvalue weighted by Gasteiger charge is 2.47. The number of rotatable bonds is 9. The first kappa shape index (κ1) is 33.9. The minimum Gasteiger partial charge on any atom is -0.784 e. The molecule has 11 N–H and O–H groups in total. The van der Waals surface area contributed by atoms with Crippen molar-refractivity contribution in [3.8, 4) is 0 Å². The average Bonchev–Trinajstić information content (AvgIpc) is 3.52. The number of nitrogens with one attached hydrogen (secondary N) is 3. The SMILES string of the molecule is NC1=NC2=N[C@@H]3O[C@H](COP(=O)(O)OP(=O)(O)OC[C@H]4O[C@@H](n5cnc6c(=O)[nH]c(N)nc65)[C@H](O)[C@@H]4O)C([S-])=C([S-])[C@@H]3NC2C(=O)N1. The lowest BCUT2D eigenvalue weighted by Gasteiger charge is -2.48. The van der Waals surface area contributed by atoms with Gasteiger partial charge < -0.3 is 66.2 Å². The number of phosphoric ester groups is 2. The van der Waals surface area contributed by atoms with Crippen molar-refractivity contribution < 1.29 is 56.8 Å². The molecule has 6 rings (SSSR count). The van der Waals surface area contributed by atoms with Crippen molar-refractivity contribution in [3.05, 3.63) is 26.5 Å². The van der Waals surface area contributed by atoms with Crippen LogP contribution in [-0.4, -0.2) is 113 Å². The number of guanidine groups is 1. The van der Waals surface area contributed by atoms with E-state index >= 15 is 0 Å². The highest BCUT2D eigenvalue weighted by atomic mass is 32.1. The smallest absolute Gasteiger partial charge is 0.481 e. The standard InChI is InChI=1S/C20H26N10O13P2S2/c21-19-26-13-7(15(33)28-19)24-6-12(47)11(46)5(41-17(6)25-13)2-40-45(37,38)43-44(35,36)39-1-4-9(31)10(32)18(42-4)30-3-23-8-14(30)27-20(22)29-16(8)34/h3-7,9-10,17-18,24,31-32,46-47H,1-2H2,(H,35,36)(H,37,38)(H3,22,27,29,34)(H3,21,25,26,28,33)/p-2/t4-,5-,6+,7?,9-,10-,17-,18-/m1/s1. The summed E-state index contributed by atoms with van der Waals surface area (Å²) < 4.78 is 51.4. The summed E-state index contributed by atoms with van der Waals surface area (Å²) in [5.74, 6) is -0.975. The first-order chi connectivity index (χ1) is 22.0. The van der Waals surface area contributed by atoms with Gasteiger partial charge in [-0.2, -0.15) is 24.1 Å². The average molecular weight is 739 g/mol. The van der Waals surface area contributed by atoms with E-state index < -0.39 is 89.3 Å². The number of aromatic nitrogens is 4. The van der Waals surface area contributed by atoms with Crippen LogP contribution in [0.15, 0.2) is 30.9 Å². The molecule has 47 heavy (non-hydrogen) atoms. The number of aliphatic hydroxyl groups excluding tert-OH is 2. The lowest BCUT2D eigenvalue weighted by Crippen LogP contribution is -2.64. The van der Waals surface area contributed by atoms with Crippen LogP contribution in [0, 0.1) is 0 Å². The van der Waals surface area contributed by atoms with Gasteiger partial charge in [0, 0.05) is 0 Å². The second-order valence-electron chi connectivity index (χ2n) is 10.2. The Bertz CT molecular complexity index is 1870. The lowest BCUT2D eigenvalue weighted by atomic mass is 10.0. The summed E-state index contributed by atoms with van der Waals surface area (Å²) >= 11 is 10.7. The van der Waals surface area contributed by atoms with Crippen molar-refractivity contribution in [2.75, 3.05) is 18.9 Å². The first-order valence-corrected chi connectivity index (χ1v) is 17.0. The number of amides is 1. The van der Waals surface area contributed by atoms with Gasteiger partial charge in [-0.15, -0.1) is 0 Å². The maximum absolute atomic E-state index is 12.6. The van der Waals surface area contributed by atoms with Gasteiger partial charge in [-0.3, -0.25) is 38.8 Å². The van der Waals surface area contributed by atoms with Crippen molar-refractivity contribution in [2.24, 2.45) is 15.7 Å². The van der Waals surface area contributed by atoms with E-state index in [-0.39, 0.29) is 38.7 Å². The molecule has 1 fully saturated rings. The Balaban J connectivity index is 1.06. The van der Waals surface area contributed by atoms with Gasteiger partial charge in [0.05, 0.1) is 31.7 Å². The molecule has 1 saturated heterocycles. The number of carbonyl (C=O) groups excluding carboxylic acids is 1. The van der Waals surface area contributed by atoms with Crippen LogP contribution in [0.5, 0.6) is 0 Å². The number of nitrogens with zero attached hydrogens (tertiary/aromatic N) is 5. The van der Waals surface area contributed by atoms with Gasteiger partial charge in [0.2, 0.25) is 11.9 Å². The fourth-order valence-corrected chi connectivity index (χ4v) is 7.60. The molecule has 2 aromatic rings. The van der Waals surface area contributed by atoms with Crippen molar-refractivity contribution in [2.45, 2.75) is 49.0 Å². The molecule has 4 aliphatic rings. The third kappa shape index (κ3) is 6.68. The van der Waals surface area contributed by atoms with Crippen LogP contribution < -0.4 is 27.7 Å². The zero-order chi connectivity index (χ0) is 34.0. The number of fused-ring (bicyclic) bond motifs is 3. The molecule has 0 aromatic carbocycles. The number of aliphatic imine (C=N–C) groups is 2. The summed E-state index contributed by atoms with van der Waals surface area (Å²) in [6.07, 6.45) is -7.53. The molecule has 0 bridgehead atoms. The number of hydrogen-bond donors (Lipinski definition) is 9. The van der Waals surface area contributed by atoms with Gasteiger partial charge in [0.15, 0.2) is 29.5 Å². The van der Waals surface area contributed by atoms with E-state index in [1.165, 1.54) is 0 Å². The van der Waals surface area contributed by atoms with Crippen LogP contribution in [0.1, 0.15) is 6.23 Å². The summed E-state index contributed by atoms with van der Waals surface area (Å²) in [5.41, 5.74) is 10.2. The Kier molecular flexibility index (Phi) is 8.99. The predicted octanol–water partition coefficient (Wildman–Crippen LogP) is -4.21. The minimum atomic E-state index is -5.39. The molecule has 0 aliphatic carbocycles. The van der Waals surface area contributed by atoms with E-state index in [0.717, 1.165) is 10.9 Å². The predicted molar refractivity (Wildman–Crippen MR) is 159 cm³/mol. The molecule has 27 heteroatoms. The summed E-state index contributed by atoms with van der Waals surface area (Å²) in [6.45, 7) is -1.73. The summed E-state index contributed by atoms with van der Waals surface area (Å²) in [6, 6.07) is -1.81. The molecule has 1 amide bonds. The second kappa shape index (κ2) is 12.5. The van der Waals surface area contributed by atoms with E-state index in [4.69, 9.17) is 55.2 Å². The number of phosphoric acid groups is 2. The maximum atomic E-state index is 12.6. The van der Waals surface area contributed by atoms with Crippen molar-refractivity contribution in [3.63, 3.8) is 0 Å². The van der Waals surface area contributed by atoms with Crippen LogP contribution >= 0.6 is 15.6 Å². The van der Waals surface area contributed by atoms with E-state index in [9.17, 15) is 38.7 Å². The normalized spacial score (nSPS) is 33.3. The molecule has 0 saturated carbocycles. The van der Waals surface area contributed by atoms with Gasteiger partial charge in [-0.1, -0.05) is 0 Å². The minimum absolute atomic E-state index is 0.00232. The third-order valence-electron chi connectivity index (χ3n) is 7.08. The van der Waals surface area contributed by atoms with Gasteiger partial charge in [-0.25, -0.2) is 19.1 Å². The Morgan fingerprint density at radius 3 is 2.47 bits per heavy atom. The van der Waals surface area contributed by atoms with E-state index in [0.29, 0.717) is 0 Å². The number of H-pyrrole nitrogens is 1. The first-order valence-electron chi connectivity index (χ1n) is 13.2. The number of imidazole rings is 1. The molecule has 6 heterocycles. The topological polar surface area (TPSA) is 343 Å². The molecule has 0 radical (unpaired) electrons. The lowest BCUT2D eigenvalue weighted by molar-refractivity contribution is -0.121. The monoisotopic (exact) mass is 738 g/mol. The second-order valence-corrected chi connectivity index (χ2v) is 14.2. The van der Waals surface area contributed by atoms with Crippen molar-refractivity contribution >= 4 is 75.7 Å². The number of hydrogen-bond acceptors (Lipinski definition) is 20. The molecular weight excluding hydrogens is 714 g/mol. The Hall–Kier alpha value is -3.00. The van der Waals surface area contributed by atoms with E-state index in [2.05, 4.69) is 39.9 Å². The summed E-state index contributed by atoms with van der Waals surface area (Å²) in [5, 5.41) is 26.2. The number of nitrogens with two attached hydrogens (primary N) is 2. The Morgan fingerprint density at radius 1 is 1.04 bits per heavy atom. The molecular formula is C20H24N10O13P2S2-2. The molecule has 3 unspecified atom stereocenters. The molecule has 0 spiro atoms. The van der Waals surface area contributed by atoms with Crippen LogP contribution in [0.2, 0.25) is 0 Å². The quantitative estimate of drug-likeness (QED) is 0.0869. The summed E-state index contributed by atoms with van der Waals surface area (Å²) in [7, 11) is -10.8. The molecule has 4 aliphatic heterocycles. The van der Waals surface area contributed by atoms with Crippen LogP contribution in [0.25, 0.3) is 11.2 Å². The summed E-state index contributed by atoms with van der Waals surface area (Å²) in [4.78, 5) is 62.9. The Morgan fingerprint density at radius 2 is 1.74 bits per heavy atom. The number of nitrogen functional groups attached to an aromatic ring is 1. The van der Waals surface area contributed by atoms with Gasteiger partial charge in [0.1, 0.15) is 24.4 Å². The fourth-order valence-electron chi connectivity index (χ4n) is 4.96. The fraction of sp³-hybridized carbons (Fsp3) is 0.500. The number of aliphatic hydroxyl groups is 2. The largest absolute Gasteiger partial charge is 0.784 e. The number of anilines is 1.